The van der Waals surface area contributed by atoms with E-state index in [-0.39, 0.29) is 0 Å². The molecule has 1 rings (SSSR count). The summed E-state index contributed by atoms with van der Waals surface area (Å²) in [6, 6.07) is 5.38. The maximum Gasteiger partial charge on any atom is 0.301 e. The van der Waals surface area contributed by atoms with Crippen LogP contribution in [-0.2, 0) is 10.2 Å². The molecule has 0 aromatic heterocycles. The second-order valence-electron chi connectivity index (χ2n) is 3.98. The standard InChI is InChI=1S/C11H17Br2N3O2S/c1-14-7-4-8-16(2)19(17,18)15-11-9(12)5-3-6-10(11)13/h3,5-6,14-15H,4,7-8H2,1-2H3. The number of para-hydroxylation sites is 1. The molecule has 0 fully saturated rings. The van der Waals surface area contributed by atoms with Gasteiger partial charge >= 0.3 is 10.2 Å². The summed E-state index contributed by atoms with van der Waals surface area (Å²) in [7, 11) is -0.147. The summed E-state index contributed by atoms with van der Waals surface area (Å²) in [5, 5.41) is 2.99. The van der Waals surface area contributed by atoms with Crippen molar-refractivity contribution in [3.8, 4) is 0 Å². The SMILES string of the molecule is CNCCCN(C)S(=O)(=O)Nc1c(Br)cccc1Br. The van der Waals surface area contributed by atoms with Crippen LogP contribution in [0.15, 0.2) is 27.1 Å². The van der Waals surface area contributed by atoms with E-state index in [4.69, 9.17) is 0 Å². The van der Waals surface area contributed by atoms with Crippen LogP contribution in [0.5, 0.6) is 0 Å². The van der Waals surface area contributed by atoms with Crippen molar-refractivity contribution < 1.29 is 8.42 Å². The van der Waals surface area contributed by atoms with E-state index in [0.717, 1.165) is 13.0 Å². The van der Waals surface area contributed by atoms with Gasteiger partial charge in [0.2, 0.25) is 0 Å². The summed E-state index contributed by atoms with van der Waals surface area (Å²) in [6.45, 7) is 1.23. The lowest BCUT2D eigenvalue weighted by atomic mass is 10.3. The molecular formula is C11H17Br2N3O2S. The van der Waals surface area contributed by atoms with Gasteiger partial charge in [-0.3, -0.25) is 4.72 Å². The highest BCUT2D eigenvalue weighted by atomic mass is 79.9. The smallest absolute Gasteiger partial charge is 0.301 e. The van der Waals surface area contributed by atoms with Crippen LogP contribution in [0.2, 0.25) is 0 Å². The van der Waals surface area contributed by atoms with E-state index in [2.05, 4.69) is 41.9 Å². The molecule has 0 aliphatic carbocycles. The molecule has 0 aliphatic heterocycles. The molecular weight excluding hydrogens is 398 g/mol. The summed E-state index contributed by atoms with van der Waals surface area (Å²) in [4.78, 5) is 0. The van der Waals surface area contributed by atoms with Gasteiger partial charge in [-0.25, -0.2) is 0 Å². The Morgan fingerprint density at radius 2 is 1.84 bits per heavy atom. The Kier molecular flexibility index (Phi) is 6.75. The normalized spacial score (nSPS) is 11.8. The van der Waals surface area contributed by atoms with Gasteiger partial charge in [0.05, 0.1) is 5.69 Å². The zero-order valence-electron chi connectivity index (χ0n) is 10.8. The fourth-order valence-electron chi connectivity index (χ4n) is 1.40. The summed E-state index contributed by atoms with van der Waals surface area (Å²) in [5.41, 5.74) is 0.503. The van der Waals surface area contributed by atoms with Crippen molar-refractivity contribution in [2.75, 3.05) is 31.9 Å². The van der Waals surface area contributed by atoms with Gasteiger partial charge in [0.25, 0.3) is 0 Å². The van der Waals surface area contributed by atoms with Gasteiger partial charge < -0.3 is 5.32 Å². The number of rotatable bonds is 7. The van der Waals surface area contributed by atoms with Crippen molar-refractivity contribution in [3.63, 3.8) is 0 Å². The van der Waals surface area contributed by atoms with E-state index in [9.17, 15) is 8.42 Å². The van der Waals surface area contributed by atoms with Crippen LogP contribution in [-0.4, -0.2) is 39.9 Å². The molecule has 0 aliphatic rings. The molecule has 108 valence electrons. The molecule has 0 bridgehead atoms. The molecule has 0 saturated heterocycles. The monoisotopic (exact) mass is 413 g/mol. The van der Waals surface area contributed by atoms with E-state index in [1.54, 1.807) is 19.2 Å². The average molecular weight is 415 g/mol. The Hall–Kier alpha value is -0.150. The predicted molar refractivity (Wildman–Crippen MR) is 85.6 cm³/mol. The molecule has 0 heterocycles. The topological polar surface area (TPSA) is 61.4 Å². The second-order valence-corrected chi connectivity index (χ2v) is 7.47. The highest BCUT2D eigenvalue weighted by molar-refractivity contribution is 9.11. The maximum absolute atomic E-state index is 12.2. The van der Waals surface area contributed by atoms with Gasteiger partial charge in [-0.2, -0.15) is 12.7 Å². The van der Waals surface area contributed by atoms with Crippen molar-refractivity contribution >= 4 is 47.8 Å². The van der Waals surface area contributed by atoms with Gasteiger partial charge in [-0.1, -0.05) is 6.07 Å². The van der Waals surface area contributed by atoms with Crippen molar-refractivity contribution in [2.24, 2.45) is 0 Å². The number of hydrogen-bond acceptors (Lipinski definition) is 3. The Balaban J connectivity index is 2.79. The van der Waals surface area contributed by atoms with Crippen LogP contribution < -0.4 is 10.0 Å². The number of nitrogens with zero attached hydrogens (tertiary/aromatic N) is 1. The van der Waals surface area contributed by atoms with E-state index in [1.807, 2.05) is 13.1 Å². The first kappa shape index (κ1) is 16.9. The number of halogens is 2. The van der Waals surface area contributed by atoms with Crippen molar-refractivity contribution in [2.45, 2.75) is 6.42 Å². The van der Waals surface area contributed by atoms with E-state index in [0.29, 0.717) is 21.2 Å². The largest absolute Gasteiger partial charge is 0.320 e. The molecule has 0 saturated carbocycles. The third kappa shape index (κ3) is 5.03. The molecule has 0 unspecified atom stereocenters. The zero-order valence-corrected chi connectivity index (χ0v) is 14.8. The summed E-state index contributed by atoms with van der Waals surface area (Å²) >= 11 is 6.65. The van der Waals surface area contributed by atoms with Crippen molar-refractivity contribution in [1.82, 2.24) is 9.62 Å². The zero-order chi connectivity index (χ0) is 14.5. The highest BCUT2D eigenvalue weighted by Crippen LogP contribution is 2.31. The van der Waals surface area contributed by atoms with Crippen LogP contribution >= 0.6 is 31.9 Å². The number of benzene rings is 1. The fourth-order valence-corrected chi connectivity index (χ4v) is 3.86. The molecule has 8 heteroatoms. The number of nitrogens with one attached hydrogen (secondary N) is 2. The minimum atomic E-state index is -3.54. The molecule has 5 nitrogen and oxygen atoms in total. The third-order valence-electron chi connectivity index (χ3n) is 2.50. The first-order chi connectivity index (χ1) is 8.88. The third-order valence-corrected chi connectivity index (χ3v) is 5.29. The lowest BCUT2D eigenvalue weighted by Gasteiger charge is -2.19. The quantitative estimate of drug-likeness (QED) is 0.673. The molecule has 1 aromatic rings. The minimum absolute atomic E-state index is 0.457. The maximum atomic E-state index is 12.2. The van der Waals surface area contributed by atoms with Gasteiger partial charge in [0.1, 0.15) is 0 Å². The summed E-state index contributed by atoms with van der Waals surface area (Å²) in [5.74, 6) is 0. The minimum Gasteiger partial charge on any atom is -0.320 e. The molecule has 19 heavy (non-hydrogen) atoms. The van der Waals surface area contributed by atoms with Gasteiger partial charge in [-0.05, 0) is 64.0 Å². The Morgan fingerprint density at radius 3 is 2.37 bits per heavy atom. The van der Waals surface area contributed by atoms with Crippen LogP contribution in [0.4, 0.5) is 5.69 Å². The molecule has 0 spiro atoms. The molecule has 0 radical (unpaired) electrons. The number of hydrogen-bond donors (Lipinski definition) is 2. The molecule has 0 atom stereocenters. The van der Waals surface area contributed by atoms with Gasteiger partial charge in [-0.15, -0.1) is 0 Å². The van der Waals surface area contributed by atoms with Crippen LogP contribution in [0.1, 0.15) is 6.42 Å². The molecule has 0 amide bonds. The lowest BCUT2D eigenvalue weighted by Crippen LogP contribution is -2.34. The average Bonchev–Trinajstić information content (AvgIpc) is 2.34. The van der Waals surface area contributed by atoms with Gasteiger partial charge in [0, 0.05) is 22.5 Å². The predicted octanol–water partition coefficient (Wildman–Crippen LogP) is 2.41. The lowest BCUT2D eigenvalue weighted by molar-refractivity contribution is 0.462. The van der Waals surface area contributed by atoms with Crippen molar-refractivity contribution in [3.05, 3.63) is 27.1 Å². The van der Waals surface area contributed by atoms with E-state index < -0.39 is 10.2 Å². The van der Waals surface area contributed by atoms with Crippen LogP contribution in [0.25, 0.3) is 0 Å². The number of anilines is 1. The van der Waals surface area contributed by atoms with Gasteiger partial charge in [0.15, 0.2) is 0 Å². The van der Waals surface area contributed by atoms with E-state index in [1.165, 1.54) is 4.31 Å². The summed E-state index contributed by atoms with van der Waals surface area (Å²) in [6.07, 6.45) is 0.755. The molecule has 1 aromatic carbocycles. The first-order valence-corrected chi connectivity index (χ1v) is 8.74. The highest BCUT2D eigenvalue weighted by Gasteiger charge is 2.19. The Labute approximate surface area is 131 Å². The van der Waals surface area contributed by atoms with Crippen LogP contribution in [0, 0.1) is 0 Å². The van der Waals surface area contributed by atoms with Crippen LogP contribution in [0.3, 0.4) is 0 Å². The summed E-state index contributed by atoms with van der Waals surface area (Å²) < 4.78 is 29.5. The van der Waals surface area contributed by atoms with Crippen molar-refractivity contribution in [1.29, 1.82) is 0 Å². The second kappa shape index (κ2) is 7.58. The fraction of sp³-hybridized carbons (Fsp3) is 0.455. The Morgan fingerprint density at radius 1 is 1.26 bits per heavy atom. The molecule has 2 N–H and O–H groups in total. The first-order valence-electron chi connectivity index (χ1n) is 5.71. The Bertz CT molecular complexity index is 502. The van der Waals surface area contributed by atoms with E-state index >= 15 is 0 Å².